The molecule has 0 aromatic heterocycles. The van der Waals surface area contributed by atoms with Gasteiger partial charge in [0.15, 0.2) is 0 Å². The van der Waals surface area contributed by atoms with Crippen molar-refractivity contribution in [1.29, 1.82) is 0 Å². The Morgan fingerprint density at radius 3 is 2.65 bits per heavy atom. The average molecular weight is 249 g/mol. The molecule has 8 nitrogen and oxygen atoms in total. The lowest BCUT2D eigenvalue weighted by Gasteiger charge is -2.39. The Kier molecular flexibility index (Phi) is 5.82. The fraction of sp³-hybridized carbons (Fsp3) is 0.875. The van der Waals surface area contributed by atoms with Gasteiger partial charge in [0.2, 0.25) is 6.41 Å². The summed E-state index contributed by atoms with van der Waals surface area (Å²) in [5, 5.41) is 39.3. The zero-order valence-electron chi connectivity index (χ0n) is 9.10. The molecule has 4 atom stereocenters. The van der Waals surface area contributed by atoms with Crippen LogP contribution in [0.1, 0.15) is 0 Å². The minimum atomic E-state index is -1.29. The number of carbonyl (C=O) groups is 1. The molecule has 0 spiro atoms. The highest BCUT2D eigenvalue weighted by atomic mass is 16.6. The molecule has 1 heterocycles. The van der Waals surface area contributed by atoms with Crippen molar-refractivity contribution in [1.82, 2.24) is 5.32 Å². The Hall–Kier alpha value is -0.705. The minimum absolute atomic E-state index is 0.0152. The Morgan fingerprint density at radius 1 is 1.41 bits per heavy atom. The fourth-order valence-electron chi connectivity index (χ4n) is 1.59. The second-order valence-corrected chi connectivity index (χ2v) is 3.65. The van der Waals surface area contributed by atoms with Crippen molar-refractivity contribution in [2.75, 3.05) is 19.7 Å². The maximum Gasteiger partial charge on any atom is 0.478 e. The summed E-state index contributed by atoms with van der Waals surface area (Å²) in [5.74, 6) is 0. The van der Waals surface area contributed by atoms with Crippen molar-refractivity contribution >= 4 is 13.5 Å². The predicted molar refractivity (Wildman–Crippen MR) is 55.8 cm³/mol. The lowest BCUT2D eigenvalue weighted by Crippen LogP contribution is -2.60. The molecule has 17 heavy (non-hydrogen) atoms. The summed E-state index contributed by atoms with van der Waals surface area (Å²) in [5.41, 5.74) is 0. The van der Waals surface area contributed by atoms with E-state index < -0.39 is 44.7 Å². The summed E-state index contributed by atoms with van der Waals surface area (Å²) in [6.45, 7) is -1.05. The Morgan fingerprint density at radius 2 is 2.12 bits per heavy atom. The molecule has 0 aromatic carbocycles. The van der Waals surface area contributed by atoms with Crippen LogP contribution < -0.4 is 5.32 Å². The first-order valence-electron chi connectivity index (χ1n) is 5.19. The van der Waals surface area contributed by atoms with E-state index in [2.05, 4.69) is 5.32 Å². The average Bonchev–Trinajstić information content (AvgIpc) is 2.36. The normalized spacial score (nSPS) is 31.1. The van der Waals surface area contributed by atoms with E-state index >= 15 is 0 Å². The van der Waals surface area contributed by atoms with Crippen molar-refractivity contribution in [2.24, 2.45) is 0 Å². The Bertz CT molecular complexity index is 244. The smallest absolute Gasteiger partial charge is 0.402 e. The number of hydrogen-bond acceptors (Lipinski definition) is 7. The van der Waals surface area contributed by atoms with Gasteiger partial charge < -0.3 is 35.1 Å². The molecular formula is C8H16BNO7. The number of rotatable bonds is 6. The third-order valence-electron chi connectivity index (χ3n) is 2.47. The van der Waals surface area contributed by atoms with E-state index in [0.29, 0.717) is 6.41 Å². The van der Waals surface area contributed by atoms with E-state index in [0.717, 1.165) is 0 Å². The lowest BCUT2D eigenvalue weighted by atomic mass is 9.84. The minimum Gasteiger partial charge on any atom is -0.402 e. The zero-order chi connectivity index (χ0) is 12.8. The van der Waals surface area contributed by atoms with Crippen LogP contribution in [0.15, 0.2) is 0 Å². The number of carbonyl (C=O) groups excluding carboxylic acids is 1. The molecule has 1 saturated heterocycles. The molecule has 1 fully saturated rings. The number of aliphatic hydroxyl groups excluding tert-OH is 4. The zero-order valence-corrected chi connectivity index (χ0v) is 9.10. The molecule has 0 aromatic rings. The summed E-state index contributed by atoms with van der Waals surface area (Å²) in [7, 11) is -0.896. The number of hydrogen-bond donors (Lipinski definition) is 5. The van der Waals surface area contributed by atoms with Crippen LogP contribution in [0.4, 0.5) is 0 Å². The standard InChI is InChI=1S/C8H16BNO7/c11-1-5(14)8-7(15)6(2-12)16-9(17-8)3-10-4-13/h4-8,11-12,14-15H,1-3H2,(H,10,13). The van der Waals surface area contributed by atoms with Gasteiger partial charge in [-0.15, -0.1) is 0 Å². The topological polar surface area (TPSA) is 128 Å². The van der Waals surface area contributed by atoms with Gasteiger partial charge in [-0.3, -0.25) is 4.79 Å². The second kappa shape index (κ2) is 6.89. The van der Waals surface area contributed by atoms with E-state index in [4.69, 9.17) is 19.5 Å². The molecule has 0 saturated carbocycles. The van der Waals surface area contributed by atoms with E-state index in [-0.39, 0.29) is 6.44 Å². The van der Waals surface area contributed by atoms with Gasteiger partial charge in [-0.1, -0.05) is 0 Å². The molecule has 5 N–H and O–H groups in total. The third-order valence-corrected chi connectivity index (χ3v) is 2.47. The van der Waals surface area contributed by atoms with Crippen LogP contribution in [-0.2, 0) is 14.1 Å². The lowest BCUT2D eigenvalue weighted by molar-refractivity contribution is -0.149. The number of aliphatic hydroxyl groups is 4. The third kappa shape index (κ3) is 3.63. The van der Waals surface area contributed by atoms with Crippen molar-refractivity contribution < 1.29 is 34.5 Å². The number of nitrogens with one attached hydrogen (secondary N) is 1. The summed E-state index contributed by atoms with van der Waals surface area (Å²) in [4.78, 5) is 10.1. The van der Waals surface area contributed by atoms with E-state index in [9.17, 15) is 15.0 Å². The first-order chi connectivity index (χ1) is 8.13. The summed E-state index contributed by atoms with van der Waals surface area (Å²) >= 11 is 0. The van der Waals surface area contributed by atoms with Gasteiger partial charge in [-0.2, -0.15) is 0 Å². The van der Waals surface area contributed by atoms with Crippen LogP contribution in [0.2, 0.25) is 0 Å². The highest BCUT2D eigenvalue weighted by Gasteiger charge is 2.43. The van der Waals surface area contributed by atoms with E-state index in [1.807, 2.05) is 0 Å². The van der Waals surface area contributed by atoms with Crippen LogP contribution in [0.3, 0.4) is 0 Å². The first kappa shape index (κ1) is 14.4. The molecule has 0 aliphatic carbocycles. The molecule has 1 amide bonds. The largest absolute Gasteiger partial charge is 0.478 e. The van der Waals surface area contributed by atoms with Crippen LogP contribution in [-0.4, -0.2) is 78.0 Å². The van der Waals surface area contributed by atoms with Gasteiger partial charge >= 0.3 is 7.12 Å². The highest BCUT2D eigenvalue weighted by molar-refractivity contribution is 6.45. The Balaban J connectivity index is 2.64. The maximum absolute atomic E-state index is 10.1. The number of amides is 1. The van der Waals surface area contributed by atoms with Crippen molar-refractivity contribution in [3.8, 4) is 0 Å². The van der Waals surface area contributed by atoms with Gasteiger partial charge in [0.25, 0.3) is 0 Å². The Labute approximate surface area is 98.3 Å². The summed E-state index contributed by atoms with van der Waals surface area (Å²) in [6.07, 6.45) is -4.10. The van der Waals surface area contributed by atoms with E-state index in [1.165, 1.54) is 0 Å². The van der Waals surface area contributed by atoms with Gasteiger partial charge in [0.1, 0.15) is 12.2 Å². The van der Waals surface area contributed by atoms with Gasteiger partial charge in [0, 0.05) is 0 Å². The fourth-order valence-corrected chi connectivity index (χ4v) is 1.59. The molecule has 4 unspecified atom stereocenters. The molecule has 9 heteroatoms. The molecule has 98 valence electrons. The SMILES string of the molecule is O=CNCB1OC(CO)C(O)C(C(O)CO)O1. The maximum atomic E-state index is 10.1. The van der Waals surface area contributed by atoms with Crippen molar-refractivity contribution in [3.63, 3.8) is 0 Å². The predicted octanol–water partition coefficient (Wildman–Crippen LogP) is -3.75. The molecular weight excluding hydrogens is 233 g/mol. The molecule has 0 radical (unpaired) electrons. The van der Waals surface area contributed by atoms with Gasteiger partial charge in [-0.25, -0.2) is 0 Å². The first-order valence-corrected chi connectivity index (χ1v) is 5.19. The summed E-state index contributed by atoms with van der Waals surface area (Å²) < 4.78 is 10.3. The van der Waals surface area contributed by atoms with Crippen molar-refractivity contribution in [2.45, 2.75) is 24.4 Å². The highest BCUT2D eigenvalue weighted by Crippen LogP contribution is 2.19. The molecule has 1 rings (SSSR count). The van der Waals surface area contributed by atoms with Crippen LogP contribution in [0.25, 0.3) is 0 Å². The molecule has 1 aliphatic heterocycles. The second-order valence-electron chi connectivity index (χ2n) is 3.65. The quantitative estimate of drug-likeness (QED) is 0.241. The van der Waals surface area contributed by atoms with Gasteiger partial charge in [0.05, 0.1) is 31.9 Å². The monoisotopic (exact) mass is 249 g/mol. The van der Waals surface area contributed by atoms with Crippen molar-refractivity contribution in [3.05, 3.63) is 0 Å². The van der Waals surface area contributed by atoms with Crippen LogP contribution in [0, 0.1) is 0 Å². The molecule has 1 aliphatic rings. The van der Waals surface area contributed by atoms with E-state index in [1.54, 1.807) is 0 Å². The van der Waals surface area contributed by atoms with Crippen LogP contribution >= 0.6 is 0 Å². The molecule has 0 bridgehead atoms. The summed E-state index contributed by atoms with van der Waals surface area (Å²) in [6, 6.07) is 0. The van der Waals surface area contributed by atoms with Crippen LogP contribution in [0.5, 0.6) is 0 Å². The van der Waals surface area contributed by atoms with Gasteiger partial charge in [-0.05, 0) is 0 Å².